The van der Waals surface area contributed by atoms with Gasteiger partial charge in [0.1, 0.15) is 5.75 Å². The summed E-state index contributed by atoms with van der Waals surface area (Å²) in [5, 5.41) is 17.2. The molecule has 0 bridgehead atoms. The lowest BCUT2D eigenvalue weighted by molar-refractivity contribution is -0.113. The van der Waals surface area contributed by atoms with Crippen LogP contribution in [0.4, 0.5) is 0 Å². The molecule has 0 radical (unpaired) electrons. The second kappa shape index (κ2) is 12.7. The second-order valence-corrected chi connectivity index (χ2v) is 4.02. The van der Waals surface area contributed by atoms with Crippen LogP contribution in [0.25, 0.3) is 0 Å². The van der Waals surface area contributed by atoms with Gasteiger partial charge in [-0.3, -0.25) is 4.79 Å². The Labute approximate surface area is 128 Å². The standard InChI is InChI=1S/C9H12O2.C8H10O.CH4/c1-3-9(8(2)11)6-4-5-7-10;1-2-7-4-3-5-8(9)6-7;/h3-7,10H,1-2H3;3-6,9H,2H2,1H3;1H4/b6-4-,7-5+,9-3+;;. The number of benzene rings is 1. The Morgan fingerprint density at radius 3 is 2.33 bits per heavy atom. The van der Waals surface area contributed by atoms with Gasteiger partial charge in [-0.1, -0.05) is 44.7 Å². The lowest BCUT2D eigenvalue weighted by Gasteiger charge is -1.94. The van der Waals surface area contributed by atoms with Crippen LogP contribution in [0, 0.1) is 0 Å². The molecule has 0 saturated carbocycles. The number of phenolic OH excluding ortho intramolecular Hbond substituents is 1. The quantitative estimate of drug-likeness (QED) is 0.478. The van der Waals surface area contributed by atoms with E-state index >= 15 is 0 Å². The van der Waals surface area contributed by atoms with E-state index < -0.39 is 0 Å². The third kappa shape index (κ3) is 10.2. The van der Waals surface area contributed by atoms with Gasteiger partial charge in [-0.05, 0) is 44.0 Å². The van der Waals surface area contributed by atoms with Crippen molar-refractivity contribution in [2.75, 3.05) is 0 Å². The summed E-state index contributed by atoms with van der Waals surface area (Å²) < 4.78 is 0. The lowest BCUT2D eigenvalue weighted by Crippen LogP contribution is -1.91. The first kappa shape index (κ1) is 21.0. The van der Waals surface area contributed by atoms with E-state index in [0.29, 0.717) is 11.3 Å². The first-order valence-electron chi connectivity index (χ1n) is 6.47. The minimum Gasteiger partial charge on any atom is -0.516 e. The summed E-state index contributed by atoms with van der Waals surface area (Å²) in [6, 6.07) is 7.31. The fourth-order valence-corrected chi connectivity index (χ4v) is 1.40. The van der Waals surface area contributed by atoms with Gasteiger partial charge in [0.15, 0.2) is 5.78 Å². The highest BCUT2D eigenvalue weighted by Crippen LogP contribution is 2.10. The molecular formula is C18H26O3. The highest BCUT2D eigenvalue weighted by molar-refractivity contribution is 5.95. The zero-order chi connectivity index (χ0) is 15.4. The zero-order valence-corrected chi connectivity index (χ0v) is 12.2. The molecule has 0 aliphatic carbocycles. The number of carbonyl (C=O) groups is 1. The number of carbonyl (C=O) groups excluding carboxylic acids is 1. The normalized spacial score (nSPS) is 10.9. The number of hydrogen-bond donors (Lipinski definition) is 2. The molecule has 0 unspecified atom stereocenters. The number of aryl methyl sites for hydroxylation is 1. The average Bonchev–Trinajstić information content (AvgIpc) is 2.44. The summed E-state index contributed by atoms with van der Waals surface area (Å²) in [4.78, 5) is 10.8. The van der Waals surface area contributed by atoms with Gasteiger partial charge in [-0.15, -0.1) is 0 Å². The Morgan fingerprint density at radius 2 is 1.95 bits per heavy atom. The molecule has 0 fully saturated rings. The van der Waals surface area contributed by atoms with Crippen LogP contribution in [0.15, 0.2) is 60.4 Å². The average molecular weight is 290 g/mol. The highest BCUT2D eigenvalue weighted by atomic mass is 16.3. The van der Waals surface area contributed by atoms with Crippen LogP contribution in [-0.4, -0.2) is 16.0 Å². The number of hydrogen-bond acceptors (Lipinski definition) is 3. The van der Waals surface area contributed by atoms with Crippen LogP contribution in [0.1, 0.15) is 33.8 Å². The van der Waals surface area contributed by atoms with E-state index in [9.17, 15) is 4.79 Å². The Morgan fingerprint density at radius 1 is 1.29 bits per heavy atom. The van der Waals surface area contributed by atoms with Gasteiger partial charge in [0.05, 0.1) is 6.26 Å². The number of Topliss-reactive ketones (excluding diaryl/α,β-unsaturated/α-hetero) is 1. The van der Waals surface area contributed by atoms with Crippen LogP contribution in [-0.2, 0) is 11.2 Å². The van der Waals surface area contributed by atoms with Crippen molar-refractivity contribution in [3.8, 4) is 5.75 Å². The molecule has 3 nitrogen and oxygen atoms in total. The van der Waals surface area contributed by atoms with E-state index in [1.165, 1.54) is 18.6 Å². The van der Waals surface area contributed by atoms with E-state index in [4.69, 9.17) is 10.2 Å². The minimum absolute atomic E-state index is 0. The molecule has 2 N–H and O–H groups in total. The first-order valence-corrected chi connectivity index (χ1v) is 6.47. The van der Waals surface area contributed by atoms with Crippen molar-refractivity contribution in [3.05, 3.63) is 66.0 Å². The topological polar surface area (TPSA) is 57.5 Å². The molecule has 0 aliphatic heterocycles. The Hall–Kier alpha value is -2.29. The zero-order valence-electron chi connectivity index (χ0n) is 12.2. The van der Waals surface area contributed by atoms with E-state index in [-0.39, 0.29) is 13.2 Å². The molecule has 21 heavy (non-hydrogen) atoms. The second-order valence-electron chi connectivity index (χ2n) is 4.02. The maximum Gasteiger partial charge on any atom is 0.159 e. The van der Waals surface area contributed by atoms with Gasteiger partial charge in [-0.25, -0.2) is 0 Å². The van der Waals surface area contributed by atoms with Crippen molar-refractivity contribution in [2.45, 2.75) is 34.6 Å². The van der Waals surface area contributed by atoms with E-state index in [1.807, 2.05) is 12.1 Å². The number of rotatable bonds is 4. The van der Waals surface area contributed by atoms with Gasteiger partial charge >= 0.3 is 0 Å². The predicted octanol–water partition coefficient (Wildman–Crippen LogP) is 4.74. The molecule has 3 heteroatoms. The van der Waals surface area contributed by atoms with Gasteiger partial charge in [0.25, 0.3) is 0 Å². The molecule has 0 saturated heterocycles. The highest BCUT2D eigenvalue weighted by Gasteiger charge is 1.94. The molecule has 116 valence electrons. The lowest BCUT2D eigenvalue weighted by atomic mass is 10.1. The van der Waals surface area contributed by atoms with Crippen LogP contribution in [0.2, 0.25) is 0 Å². The molecule has 0 amide bonds. The molecule has 1 aromatic rings. The number of aromatic hydroxyl groups is 1. The van der Waals surface area contributed by atoms with Gasteiger partial charge in [0.2, 0.25) is 0 Å². The van der Waals surface area contributed by atoms with Crippen LogP contribution < -0.4 is 0 Å². The fraction of sp³-hybridized carbons (Fsp3) is 0.278. The number of aliphatic hydroxyl groups is 1. The summed E-state index contributed by atoms with van der Waals surface area (Å²) >= 11 is 0. The number of ketones is 1. The maximum atomic E-state index is 10.8. The SMILES string of the molecule is C.CCc1cccc(O)c1.C\C=C(/C=C\C=C\O)C(C)=O. The van der Waals surface area contributed by atoms with Crippen LogP contribution in [0.5, 0.6) is 5.75 Å². The molecule has 1 rings (SSSR count). The molecular weight excluding hydrogens is 264 g/mol. The Kier molecular flexibility index (Phi) is 12.7. The molecule has 0 aromatic heterocycles. The Balaban J connectivity index is 0. The molecule has 0 spiro atoms. The van der Waals surface area contributed by atoms with Crippen molar-refractivity contribution in [1.29, 1.82) is 0 Å². The van der Waals surface area contributed by atoms with Gasteiger partial charge in [0, 0.05) is 5.57 Å². The fourth-order valence-electron chi connectivity index (χ4n) is 1.40. The number of aliphatic hydroxyl groups excluding tert-OH is 1. The van der Waals surface area contributed by atoms with E-state index in [2.05, 4.69) is 6.92 Å². The smallest absolute Gasteiger partial charge is 0.159 e. The molecule has 0 aliphatic rings. The van der Waals surface area contributed by atoms with Crippen molar-refractivity contribution in [3.63, 3.8) is 0 Å². The van der Waals surface area contributed by atoms with Crippen LogP contribution in [0.3, 0.4) is 0 Å². The Bertz CT molecular complexity index is 497. The van der Waals surface area contributed by atoms with Crippen molar-refractivity contribution < 1.29 is 15.0 Å². The number of allylic oxidation sites excluding steroid dienone is 5. The van der Waals surface area contributed by atoms with Crippen LogP contribution >= 0.6 is 0 Å². The third-order valence-corrected chi connectivity index (χ3v) is 2.51. The molecule has 0 atom stereocenters. The van der Waals surface area contributed by atoms with Gasteiger partial charge in [-0.2, -0.15) is 0 Å². The largest absolute Gasteiger partial charge is 0.516 e. The van der Waals surface area contributed by atoms with Crippen molar-refractivity contribution in [2.24, 2.45) is 0 Å². The van der Waals surface area contributed by atoms with Gasteiger partial charge < -0.3 is 10.2 Å². The van der Waals surface area contributed by atoms with Crippen molar-refractivity contribution >= 4 is 5.78 Å². The summed E-state index contributed by atoms with van der Waals surface area (Å²) in [5.41, 5.74) is 1.82. The predicted molar refractivity (Wildman–Crippen MR) is 89.6 cm³/mol. The van der Waals surface area contributed by atoms with Crippen molar-refractivity contribution in [1.82, 2.24) is 0 Å². The maximum absolute atomic E-state index is 10.8. The molecule has 1 aromatic carbocycles. The molecule has 0 heterocycles. The summed E-state index contributed by atoms with van der Waals surface area (Å²) in [5.74, 6) is 0.379. The van der Waals surface area contributed by atoms with E-state index in [1.54, 1.807) is 37.3 Å². The number of phenols is 1. The summed E-state index contributed by atoms with van der Waals surface area (Å²) in [7, 11) is 0. The summed E-state index contributed by atoms with van der Waals surface area (Å²) in [6.07, 6.45) is 8.33. The van der Waals surface area contributed by atoms with E-state index in [0.717, 1.165) is 12.7 Å². The first-order chi connectivity index (χ1) is 9.54. The monoisotopic (exact) mass is 290 g/mol. The summed E-state index contributed by atoms with van der Waals surface area (Å²) in [6.45, 7) is 5.36. The minimum atomic E-state index is 0. The third-order valence-electron chi connectivity index (χ3n) is 2.51.